The molecule has 0 aliphatic rings. The lowest BCUT2D eigenvalue weighted by Crippen LogP contribution is -2.09. The van der Waals surface area contributed by atoms with E-state index in [1.807, 2.05) is 12.1 Å². The molecule has 3 aromatic carbocycles. The number of aryl methyl sites for hydroxylation is 2. The van der Waals surface area contributed by atoms with E-state index in [4.69, 9.17) is 9.97 Å². The van der Waals surface area contributed by atoms with Crippen LogP contribution in [0.2, 0.25) is 0 Å². The van der Waals surface area contributed by atoms with Gasteiger partial charge in [-0.25, -0.2) is 14.8 Å². The topological polar surface area (TPSA) is 90.1 Å². The van der Waals surface area contributed by atoms with Gasteiger partial charge in [0.15, 0.2) is 10.0 Å². The average Bonchev–Trinajstić information content (AvgIpc) is 4.08. The molecule has 10 heteroatoms. The summed E-state index contributed by atoms with van der Waals surface area (Å²) in [5, 5.41) is 20.5. The van der Waals surface area contributed by atoms with E-state index in [0.29, 0.717) is 0 Å². The Kier molecular flexibility index (Phi) is 14.1. The summed E-state index contributed by atoms with van der Waals surface area (Å²) in [5.41, 5.74) is 6.52. The van der Waals surface area contributed by atoms with Crippen LogP contribution >= 0.6 is 45.3 Å². The van der Waals surface area contributed by atoms with Crippen molar-refractivity contribution >= 4 is 74.5 Å². The number of carboxylic acid groups (broad SMARTS) is 1. The lowest BCUT2D eigenvalue weighted by Gasteiger charge is -2.25. The van der Waals surface area contributed by atoms with Crippen LogP contribution in [-0.2, 0) is 17.6 Å². The fourth-order valence-corrected chi connectivity index (χ4v) is 11.3. The predicted molar refractivity (Wildman–Crippen MR) is 247 cm³/mol. The number of thiophene rings is 2. The number of anilines is 3. The summed E-state index contributed by atoms with van der Waals surface area (Å²) in [4.78, 5) is 30.9. The van der Waals surface area contributed by atoms with Crippen molar-refractivity contribution in [2.45, 2.75) is 78.1 Å². The van der Waals surface area contributed by atoms with E-state index in [0.717, 1.165) is 78.8 Å². The van der Waals surface area contributed by atoms with E-state index >= 15 is 0 Å². The molecule has 0 spiro atoms. The maximum absolute atomic E-state index is 11.4. The number of unbranched alkanes of at least 4 members (excludes halogenated alkanes) is 6. The highest BCUT2D eigenvalue weighted by molar-refractivity contribution is 7.28. The van der Waals surface area contributed by atoms with E-state index < -0.39 is 5.97 Å². The van der Waals surface area contributed by atoms with Gasteiger partial charge in [-0.15, -0.1) is 45.3 Å². The molecular weight excluding hydrogens is 793 g/mol. The van der Waals surface area contributed by atoms with Gasteiger partial charge in [0.05, 0.1) is 21.1 Å². The molecule has 7 rings (SSSR count). The van der Waals surface area contributed by atoms with Crippen LogP contribution in [0.25, 0.3) is 46.0 Å². The number of carbonyl (C=O) groups is 1. The molecule has 0 saturated carbocycles. The highest BCUT2D eigenvalue weighted by atomic mass is 32.1. The van der Waals surface area contributed by atoms with Gasteiger partial charge in [-0.05, 0) is 98.0 Å². The number of nitrogens with zero attached hydrogens (tertiary/aromatic N) is 4. The van der Waals surface area contributed by atoms with Gasteiger partial charge in [0.2, 0.25) is 0 Å². The molecule has 0 unspecified atom stereocenters. The van der Waals surface area contributed by atoms with Crippen LogP contribution in [0, 0.1) is 11.3 Å². The van der Waals surface area contributed by atoms with Crippen LogP contribution in [0.4, 0.5) is 17.1 Å². The molecule has 0 atom stereocenters. The number of para-hydroxylation sites is 2. The molecule has 7 aromatic rings. The Balaban J connectivity index is 1.22. The van der Waals surface area contributed by atoms with Crippen molar-refractivity contribution < 1.29 is 9.90 Å². The summed E-state index contributed by atoms with van der Waals surface area (Å²) >= 11 is 6.72. The van der Waals surface area contributed by atoms with E-state index in [9.17, 15) is 15.2 Å². The molecule has 0 bridgehead atoms. The first-order valence-corrected chi connectivity index (χ1v) is 23.3. The number of aliphatic carboxylic acids is 1. The van der Waals surface area contributed by atoms with Crippen molar-refractivity contribution in [2.75, 3.05) is 4.90 Å². The molecule has 0 radical (unpaired) electrons. The van der Waals surface area contributed by atoms with Gasteiger partial charge in [0, 0.05) is 36.6 Å². The second kappa shape index (κ2) is 20.0. The number of benzene rings is 3. The molecule has 0 fully saturated rings. The summed E-state index contributed by atoms with van der Waals surface area (Å²) in [5.74, 6) is -1.22. The average molecular weight is 839 g/mol. The summed E-state index contributed by atoms with van der Waals surface area (Å²) in [6, 6.07) is 39.9. The van der Waals surface area contributed by atoms with Crippen molar-refractivity contribution in [3.8, 4) is 46.0 Å². The van der Waals surface area contributed by atoms with Crippen molar-refractivity contribution in [3.05, 3.63) is 131 Å². The zero-order valence-electron chi connectivity index (χ0n) is 32.8. The van der Waals surface area contributed by atoms with Crippen LogP contribution in [0.15, 0.2) is 115 Å². The fourth-order valence-electron chi connectivity index (χ4n) is 6.88. The first kappa shape index (κ1) is 41.0. The monoisotopic (exact) mass is 838 g/mol. The van der Waals surface area contributed by atoms with Gasteiger partial charge >= 0.3 is 5.97 Å². The maximum Gasteiger partial charge on any atom is 0.346 e. The van der Waals surface area contributed by atoms with Gasteiger partial charge in [-0.1, -0.05) is 101 Å². The van der Waals surface area contributed by atoms with Gasteiger partial charge in [0.25, 0.3) is 0 Å². The minimum atomic E-state index is -1.22. The third-order valence-electron chi connectivity index (χ3n) is 9.87. The van der Waals surface area contributed by atoms with E-state index in [1.54, 1.807) is 40.1 Å². The molecule has 4 heterocycles. The Bertz CT molecular complexity index is 2450. The van der Waals surface area contributed by atoms with E-state index in [-0.39, 0.29) is 5.57 Å². The predicted octanol–water partition coefficient (Wildman–Crippen LogP) is 15.1. The standard InChI is InChI=1S/C48H46N4O2S4/c1-3-5-7-15-21-39-44(33-23-25-37(26-24-33)52(35-17-11-9-12-18-35)36-19-13-10-14-20-36)57-46(50-39)47-51-40(22-16-8-6-4-2)45(58-47)43-30-29-42(56-43)41-28-27-38(55-41)31-34(32-49)48(53)54/h9-14,17-20,23-31H,3-8,15-16,21-22H2,1-2H3,(H,53,54)/b34-31-. The van der Waals surface area contributed by atoms with Gasteiger partial charge < -0.3 is 10.0 Å². The molecule has 294 valence electrons. The molecule has 4 aromatic heterocycles. The summed E-state index contributed by atoms with van der Waals surface area (Å²) in [6.45, 7) is 4.49. The first-order chi connectivity index (χ1) is 28.4. The van der Waals surface area contributed by atoms with E-state index in [1.165, 1.54) is 76.1 Å². The van der Waals surface area contributed by atoms with Crippen molar-refractivity contribution in [2.24, 2.45) is 0 Å². The minimum absolute atomic E-state index is 0.269. The zero-order chi connectivity index (χ0) is 40.3. The zero-order valence-corrected chi connectivity index (χ0v) is 36.1. The Hall–Kier alpha value is -5.18. The van der Waals surface area contributed by atoms with Gasteiger partial charge in [-0.2, -0.15) is 5.26 Å². The molecule has 58 heavy (non-hydrogen) atoms. The Morgan fingerprint density at radius 3 is 1.71 bits per heavy atom. The van der Waals surface area contributed by atoms with Crippen LogP contribution in [0.5, 0.6) is 0 Å². The number of hydrogen-bond acceptors (Lipinski definition) is 9. The molecule has 6 nitrogen and oxygen atoms in total. The lowest BCUT2D eigenvalue weighted by atomic mass is 10.1. The van der Waals surface area contributed by atoms with E-state index in [2.05, 4.69) is 116 Å². The first-order valence-electron chi connectivity index (χ1n) is 20.0. The number of nitriles is 1. The fraction of sp³-hybridized carbons (Fsp3) is 0.250. The normalized spacial score (nSPS) is 11.5. The molecule has 0 aliphatic heterocycles. The Labute approximate surface area is 357 Å². The SMILES string of the molecule is CCCCCCc1nc(-c2nc(CCCCCC)c(-c3ccc(-c4ccc(/C=C(/C#N)C(=O)O)s4)s3)s2)sc1-c1ccc(N(c2ccccc2)c2ccccc2)cc1. The van der Waals surface area contributed by atoms with Crippen molar-refractivity contribution in [3.63, 3.8) is 0 Å². The largest absolute Gasteiger partial charge is 0.477 e. The second-order valence-electron chi connectivity index (χ2n) is 14.1. The summed E-state index contributed by atoms with van der Waals surface area (Å²) in [7, 11) is 0. The number of thiazole rings is 2. The molecular formula is C48H46N4O2S4. The molecule has 0 amide bonds. The number of aromatic nitrogens is 2. The minimum Gasteiger partial charge on any atom is -0.477 e. The maximum atomic E-state index is 11.4. The summed E-state index contributed by atoms with van der Waals surface area (Å²) < 4.78 is 0. The molecule has 1 N–H and O–H groups in total. The van der Waals surface area contributed by atoms with Gasteiger partial charge in [-0.3, -0.25) is 0 Å². The smallest absolute Gasteiger partial charge is 0.346 e. The third kappa shape index (κ3) is 9.91. The van der Waals surface area contributed by atoms with Crippen LogP contribution in [-0.4, -0.2) is 21.0 Å². The van der Waals surface area contributed by atoms with Crippen molar-refractivity contribution in [1.82, 2.24) is 9.97 Å². The van der Waals surface area contributed by atoms with Crippen LogP contribution in [0.3, 0.4) is 0 Å². The molecule has 0 aliphatic carbocycles. The van der Waals surface area contributed by atoms with Crippen LogP contribution < -0.4 is 4.90 Å². The Morgan fingerprint density at radius 1 is 0.621 bits per heavy atom. The Morgan fingerprint density at radius 2 is 1.14 bits per heavy atom. The number of hydrogen-bond donors (Lipinski definition) is 1. The van der Waals surface area contributed by atoms with Gasteiger partial charge in [0.1, 0.15) is 11.6 Å². The highest BCUT2D eigenvalue weighted by Gasteiger charge is 2.22. The van der Waals surface area contributed by atoms with Crippen LogP contribution in [0.1, 0.15) is 81.5 Å². The second-order valence-corrected chi connectivity index (χ2v) is 18.3. The lowest BCUT2D eigenvalue weighted by molar-refractivity contribution is -0.132. The van der Waals surface area contributed by atoms with Crippen molar-refractivity contribution in [1.29, 1.82) is 5.26 Å². The quantitative estimate of drug-likeness (QED) is 0.0496. The highest BCUT2D eigenvalue weighted by Crippen LogP contribution is 2.46. The summed E-state index contributed by atoms with van der Waals surface area (Å²) in [6.07, 6.45) is 12.7. The molecule has 0 saturated heterocycles. The third-order valence-corrected chi connectivity index (χ3v) is 14.7. The number of rotatable bonds is 19. The number of carboxylic acids is 1.